The summed E-state index contributed by atoms with van der Waals surface area (Å²) in [4.78, 5) is 0. The largest absolute Gasteiger partial charge is 0.507 e. The maximum atomic E-state index is 12.7. The Bertz CT molecular complexity index is 904. The van der Waals surface area contributed by atoms with Gasteiger partial charge in [-0.15, -0.1) is 0 Å². The van der Waals surface area contributed by atoms with Crippen LogP contribution in [0.5, 0.6) is 5.75 Å². The second kappa shape index (κ2) is 9.06. The fourth-order valence-corrected chi connectivity index (χ4v) is 6.73. The smallest absolute Gasteiger partial charge is 0.456 e. The molecule has 3 rings (SSSR count). The van der Waals surface area contributed by atoms with E-state index >= 15 is 0 Å². The molecule has 2 atom stereocenters. The summed E-state index contributed by atoms with van der Waals surface area (Å²) in [6.07, 6.45) is 4.96. The zero-order chi connectivity index (χ0) is 21.2. The van der Waals surface area contributed by atoms with Crippen LogP contribution in [0.3, 0.4) is 0 Å². The van der Waals surface area contributed by atoms with E-state index in [1.54, 1.807) is 12.1 Å². The van der Waals surface area contributed by atoms with Crippen molar-refractivity contribution in [1.82, 2.24) is 0 Å². The number of benzene rings is 1. The van der Waals surface area contributed by atoms with E-state index in [9.17, 15) is 18.5 Å². The molecule has 1 fully saturated rings. The third-order valence-electron chi connectivity index (χ3n) is 5.88. The predicted molar refractivity (Wildman–Crippen MR) is 117 cm³/mol. The monoisotopic (exact) mass is 418 g/mol. The van der Waals surface area contributed by atoms with Crippen molar-refractivity contribution in [3.8, 4) is 5.75 Å². The molecule has 0 amide bonds. The van der Waals surface area contributed by atoms with Gasteiger partial charge in [0.15, 0.2) is 9.84 Å². The molecule has 5 nitrogen and oxygen atoms in total. The Labute approximate surface area is 174 Å². The van der Waals surface area contributed by atoms with Crippen molar-refractivity contribution in [2.75, 3.05) is 5.75 Å². The van der Waals surface area contributed by atoms with E-state index in [4.69, 9.17) is 4.65 Å². The molecule has 1 aromatic carbocycles. The summed E-state index contributed by atoms with van der Waals surface area (Å²) >= 11 is 0. The van der Waals surface area contributed by atoms with Crippen molar-refractivity contribution >= 4 is 23.0 Å². The molecule has 29 heavy (non-hydrogen) atoms. The Morgan fingerprint density at radius 1 is 1.31 bits per heavy atom. The number of para-hydroxylation sites is 1. The van der Waals surface area contributed by atoms with Crippen molar-refractivity contribution in [3.63, 3.8) is 0 Å². The summed E-state index contributed by atoms with van der Waals surface area (Å²) in [7, 11) is -4.32. The van der Waals surface area contributed by atoms with Crippen molar-refractivity contribution in [2.45, 2.75) is 64.1 Å². The minimum absolute atomic E-state index is 0.0762. The first-order chi connectivity index (χ1) is 13.7. The topological polar surface area (TPSA) is 83.8 Å². The number of hydrogen-bond acceptors (Lipinski definition) is 5. The molecule has 0 aromatic heterocycles. The van der Waals surface area contributed by atoms with E-state index < -0.39 is 22.2 Å². The number of phenols is 1. The average molecular weight is 418 g/mol. The molecule has 1 saturated heterocycles. The molecular weight excluding hydrogens is 387 g/mol. The maximum absolute atomic E-state index is 12.7. The third-order valence-corrected chi connectivity index (χ3v) is 7.91. The van der Waals surface area contributed by atoms with E-state index in [2.05, 4.69) is 6.92 Å². The Morgan fingerprint density at radius 2 is 2.03 bits per heavy atom. The molecule has 1 aromatic rings. The maximum Gasteiger partial charge on any atom is 0.456 e. The summed E-state index contributed by atoms with van der Waals surface area (Å²) in [6, 6.07) is 7.24. The van der Waals surface area contributed by atoms with E-state index in [0.29, 0.717) is 6.42 Å². The van der Waals surface area contributed by atoms with Gasteiger partial charge in [0, 0.05) is 11.9 Å². The molecule has 0 unspecified atom stereocenters. The zero-order valence-corrected chi connectivity index (χ0v) is 18.3. The van der Waals surface area contributed by atoms with E-state index in [1.807, 2.05) is 32.1 Å². The van der Waals surface area contributed by atoms with Crippen LogP contribution < -0.4 is 0 Å². The highest BCUT2D eigenvalue weighted by molar-refractivity contribution is 7.92. The second-order valence-corrected chi connectivity index (χ2v) is 10.6. The molecule has 0 spiro atoms. The van der Waals surface area contributed by atoms with Crippen LogP contribution in [0.2, 0.25) is 6.32 Å². The quantitative estimate of drug-likeness (QED) is 0.517. The van der Waals surface area contributed by atoms with E-state index in [0.717, 1.165) is 36.0 Å². The number of aromatic hydroxyl groups is 1. The Balaban J connectivity index is 1.85. The van der Waals surface area contributed by atoms with Gasteiger partial charge in [0.2, 0.25) is 0 Å². The fraction of sp³-hybridized carbons (Fsp3) is 0.545. The van der Waals surface area contributed by atoms with Crippen LogP contribution in [0.15, 0.2) is 41.0 Å². The molecule has 0 bridgehead atoms. The summed E-state index contributed by atoms with van der Waals surface area (Å²) in [5, 5.41) is 19.6. The number of phenolic OH excluding ortho intramolecular Hbond substituents is 1. The van der Waals surface area contributed by atoms with Crippen LogP contribution in [0.1, 0.15) is 52.0 Å². The van der Waals surface area contributed by atoms with Gasteiger partial charge in [0.05, 0.1) is 17.1 Å². The Hall–Kier alpha value is -1.57. The molecule has 0 aliphatic carbocycles. The molecule has 7 heteroatoms. The van der Waals surface area contributed by atoms with Crippen molar-refractivity contribution in [2.24, 2.45) is 5.92 Å². The molecule has 2 N–H and O–H groups in total. The van der Waals surface area contributed by atoms with Gasteiger partial charge < -0.3 is 14.8 Å². The fourth-order valence-electron chi connectivity index (χ4n) is 4.45. The Kier molecular flexibility index (Phi) is 6.92. The van der Waals surface area contributed by atoms with Gasteiger partial charge in [-0.3, -0.25) is 0 Å². The highest BCUT2D eigenvalue weighted by Gasteiger charge is 2.48. The zero-order valence-electron chi connectivity index (χ0n) is 17.5. The summed E-state index contributed by atoms with van der Waals surface area (Å²) in [5.74, 6) is 0.461. The predicted octanol–water partition coefficient (Wildman–Crippen LogP) is 3.98. The van der Waals surface area contributed by atoms with Crippen LogP contribution in [0.4, 0.5) is 0 Å². The second-order valence-electron chi connectivity index (χ2n) is 8.40. The van der Waals surface area contributed by atoms with Crippen LogP contribution in [0.25, 0.3) is 6.08 Å². The molecule has 2 aliphatic heterocycles. The van der Waals surface area contributed by atoms with Gasteiger partial charge in [-0.2, -0.15) is 0 Å². The SMILES string of the molecule is CCC/C(=C\c1ccccc1O)CC[C@H]1OB(O)C[C@H]2C1=C(C(C)C)CS2(=O)=O. The first-order valence-electron chi connectivity index (χ1n) is 10.5. The average Bonchev–Trinajstić information content (AvgIpc) is 2.93. The number of sulfone groups is 1. The van der Waals surface area contributed by atoms with Crippen LogP contribution >= 0.6 is 0 Å². The summed E-state index contributed by atoms with van der Waals surface area (Å²) in [6.45, 7) is 6.14. The van der Waals surface area contributed by atoms with Gasteiger partial charge in [-0.25, -0.2) is 8.42 Å². The lowest BCUT2D eigenvalue weighted by molar-refractivity contribution is 0.169. The Morgan fingerprint density at radius 3 is 2.69 bits per heavy atom. The molecule has 158 valence electrons. The minimum Gasteiger partial charge on any atom is -0.507 e. The number of hydrogen-bond donors (Lipinski definition) is 2. The highest BCUT2D eigenvalue weighted by atomic mass is 32.2. The van der Waals surface area contributed by atoms with E-state index in [1.165, 1.54) is 5.57 Å². The van der Waals surface area contributed by atoms with Gasteiger partial charge in [-0.05, 0) is 42.4 Å². The highest BCUT2D eigenvalue weighted by Crippen LogP contribution is 2.42. The molecule has 0 saturated carbocycles. The standard InChI is InChI=1S/C22H31BO5S/c1-4-7-16(12-17-8-5-6-9-19(17)24)10-11-20-22-18(15(2)3)14-29(26,27)21(22)13-23(25)28-20/h5-6,8-9,12,15,20-21,24-25H,4,7,10-11,13-14H2,1-3H3/b16-12+/t20-,21+/m1/s1. The molecule has 2 heterocycles. The van der Waals surface area contributed by atoms with Crippen molar-refractivity contribution < 1.29 is 23.2 Å². The van der Waals surface area contributed by atoms with Crippen LogP contribution in [-0.2, 0) is 14.5 Å². The lowest BCUT2D eigenvalue weighted by Crippen LogP contribution is -2.42. The minimum atomic E-state index is -3.27. The first-order valence-corrected chi connectivity index (χ1v) is 12.2. The van der Waals surface area contributed by atoms with Crippen LogP contribution in [-0.4, -0.2) is 42.8 Å². The number of fused-ring (bicyclic) bond motifs is 1. The van der Waals surface area contributed by atoms with Gasteiger partial charge in [-0.1, -0.05) is 57.0 Å². The normalized spacial score (nSPS) is 24.3. The number of rotatable bonds is 7. The molecular formula is C22H31BO5S. The molecule has 2 aliphatic rings. The third kappa shape index (κ3) is 4.96. The van der Waals surface area contributed by atoms with Gasteiger partial charge in [0.1, 0.15) is 5.75 Å². The lowest BCUT2D eigenvalue weighted by Gasteiger charge is -2.32. The van der Waals surface area contributed by atoms with Crippen molar-refractivity contribution in [3.05, 3.63) is 46.5 Å². The lowest BCUT2D eigenvalue weighted by atomic mass is 9.73. The molecule has 0 radical (unpaired) electrons. The first kappa shape index (κ1) is 22.1. The summed E-state index contributed by atoms with van der Waals surface area (Å²) < 4.78 is 31.2. The van der Waals surface area contributed by atoms with Gasteiger partial charge in [0.25, 0.3) is 0 Å². The van der Waals surface area contributed by atoms with Crippen molar-refractivity contribution in [1.29, 1.82) is 0 Å². The van der Waals surface area contributed by atoms with Crippen LogP contribution in [0, 0.1) is 5.92 Å². The number of allylic oxidation sites excluding steroid dienone is 1. The van der Waals surface area contributed by atoms with Gasteiger partial charge >= 0.3 is 7.12 Å². The van der Waals surface area contributed by atoms with E-state index in [-0.39, 0.29) is 29.8 Å². The summed E-state index contributed by atoms with van der Waals surface area (Å²) in [5.41, 5.74) is 3.79.